The van der Waals surface area contributed by atoms with Crippen molar-refractivity contribution in [2.45, 2.75) is 76.3 Å². The van der Waals surface area contributed by atoms with E-state index in [1.165, 1.54) is 38.5 Å². The molecule has 0 bridgehead atoms. The Morgan fingerprint density at radius 3 is 2.45 bits per heavy atom. The van der Waals surface area contributed by atoms with Crippen molar-refractivity contribution in [1.82, 2.24) is 0 Å². The zero-order valence-electron chi connectivity index (χ0n) is 12.3. The Balaban J connectivity index is 1.98. The molecule has 0 saturated heterocycles. The van der Waals surface area contributed by atoms with Crippen LogP contribution < -0.4 is 0 Å². The Kier molecular flexibility index (Phi) is 5.28. The molecule has 3 atom stereocenters. The van der Waals surface area contributed by atoms with Gasteiger partial charge in [-0.2, -0.15) is 9.98 Å². The Labute approximate surface area is 120 Å². The molecular formula is C16H24N2O2. The predicted molar refractivity (Wildman–Crippen MR) is 77.0 cm³/mol. The number of nitrogens with zero attached hydrogens (tertiary/aromatic N) is 2. The van der Waals surface area contributed by atoms with E-state index in [2.05, 4.69) is 9.98 Å². The zero-order chi connectivity index (χ0) is 14.4. The SMILES string of the molecule is CC1(N=C=O)CCC(CC2CCCCC2)CC1N=C=O. The number of hydrogen-bond acceptors (Lipinski definition) is 4. The van der Waals surface area contributed by atoms with Crippen LogP contribution in [0.3, 0.4) is 0 Å². The first-order valence-corrected chi connectivity index (χ1v) is 7.84. The van der Waals surface area contributed by atoms with E-state index >= 15 is 0 Å². The maximum atomic E-state index is 10.6. The van der Waals surface area contributed by atoms with E-state index in [0.717, 1.165) is 25.2 Å². The smallest absolute Gasteiger partial charge is 0.211 e. The van der Waals surface area contributed by atoms with Crippen LogP contribution in [0.2, 0.25) is 0 Å². The minimum Gasteiger partial charge on any atom is -0.211 e. The first-order valence-electron chi connectivity index (χ1n) is 7.84. The molecule has 4 heteroatoms. The highest BCUT2D eigenvalue weighted by Crippen LogP contribution is 2.41. The molecule has 2 aliphatic carbocycles. The summed E-state index contributed by atoms with van der Waals surface area (Å²) in [6.45, 7) is 1.90. The van der Waals surface area contributed by atoms with Crippen molar-refractivity contribution >= 4 is 12.2 Å². The molecule has 0 amide bonds. The zero-order valence-corrected chi connectivity index (χ0v) is 12.3. The largest absolute Gasteiger partial charge is 0.235 e. The molecule has 20 heavy (non-hydrogen) atoms. The van der Waals surface area contributed by atoms with Crippen molar-refractivity contribution in [2.24, 2.45) is 21.8 Å². The third kappa shape index (κ3) is 3.65. The summed E-state index contributed by atoms with van der Waals surface area (Å²) in [7, 11) is 0. The number of rotatable bonds is 4. The molecule has 2 fully saturated rings. The van der Waals surface area contributed by atoms with E-state index in [9.17, 15) is 9.59 Å². The van der Waals surface area contributed by atoms with Gasteiger partial charge in [-0.05, 0) is 44.4 Å². The molecule has 0 N–H and O–H groups in total. The van der Waals surface area contributed by atoms with Crippen LogP contribution in [0.4, 0.5) is 0 Å². The van der Waals surface area contributed by atoms with Crippen LogP contribution in [-0.2, 0) is 9.59 Å². The van der Waals surface area contributed by atoms with Gasteiger partial charge in [-0.15, -0.1) is 0 Å². The van der Waals surface area contributed by atoms with Crippen molar-refractivity contribution in [1.29, 1.82) is 0 Å². The quantitative estimate of drug-likeness (QED) is 0.582. The minimum absolute atomic E-state index is 0.205. The van der Waals surface area contributed by atoms with E-state index in [1.807, 2.05) is 6.92 Å². The van der Waals surface area contributed by atoms with Crippen LogP contribution in [0.15, 0.2) is 9.98 Å². The molecule has 0 radical (unpaired) electrons. The van der Waals surface area contributed by atoms with Crippen LogP contribution in [0.5, 0.6) is 0 Å². The van der Waals surface area contributed by atoms with Crippen molar-refractivity contribution in [3.63, 3.8) is 0 Å². The second-order valence-electron chi connectivity index (χ2n) is 6.68. The molecule has 0 heterocycles. The lowest BCUT2D eigenvalue weighted by Crippen LogP contribution is -2.42. The summed E-state index contributed by atoms with van der Waals surface area (Å²) >= 11 is 0. The van der Waals surface area contributed by atoms with Gasteiger partial charge in [-0.25, -0.2) is 9.59 Å². The summed E-state index contributed by atoms with van der Waals surface area (Å²) in [6, 6.07) is -0.205. The molecular weight excluding hydrogens is 252 g/mol. The van der Waals surface area contributed by atoms with E-state index in [0.29, 0.717) is 5.92 Å². The lowest BCUT2D eigenvalue weighted by atomic mass is 9.70. The molecule has 110 valence electrons. The van der Waals surface area contributed by atoms with Crippen molar-refractivity contribution in [3.05, 3.63) is 0 Å². The van der Waals surface area contributed by atoms with Crippen molar-refractivity contribution in [3.8, 4) is 0 Å². The third-order valence-electron chi connectivity index (χ3n) is 5.23. The van der Waals surface area contributed by atoms with Gasteiger partial charge in [0, 0.05) is 0 Å². The average Bonchev–Trinajstić information content (AvgIpc) is 2.45. The summed E-state index contributed by atoms with van der Waals surface area (Å²) in [5.74, 6) is 1.45. The molecule has 0 aromatic heterocycles. The number of isocyanates is 2. The van der Waals surface area contributed by atoms with Gasteiger partial charge in [0.15, 0.2) is 0 Å². The molecule has 4 nitrogen and oxygen atoms in total. The second kappa shape index (κ2) is 6.97. The van der Waals surface area contributed by atoms with Gasteiger partial charge in [0.1, 0.15) is 0 Å². The number of carbonyl (C=O) groups excluding carboxylic acids is 2. The number of aliphatic imine (C=N–C) groups is 2. The molecule has 0 aromatic rings. The van der Waals surface area contributed by atoms with Crippen LogP contribution in [0.25, 0.3) is 0 Å². The molecule has 2 saturated carbocycles. The highest BCUT2D eigenvalue weighted by atomic mass is 16.1. The topological polar surface area (TPSA) is 58.9 Å². The van der Waals surface area contributed by atoms with Crippen molar-refractivity contribution in [2.75, 3.05) is 0 Å². The monoisotopic (exact) mass is 276 g/mol. The second-order valence-corrected chi connectivity index (χ2v) is 6.68. The molecule has 3 unspecified atom stereocenters. The molecule has 0 spiro atoms. The van der Waals surface area contributed by atoms with Gasteiger partial charge in [-0.1, -0.05) is 32.1 Å². The van der Waals surface area contributed by atoms with E-state index in [-0.39, 0.29) is 6.04 Å². The summed E-state index contributed by atoms with van der Waals surface area (Å²) in [5, 5.41) is 0. The van der Waals surface area contributed by atoms with Crippen LogP contribution >= 0.6 is 0 Å². The van der Waals surface area contributed by atoms with E-state index in [4.69, 9.17) is 0 Å². The minimum atomic E-state index is -0.553. The predicted octanol–water partition coefficient (Wildman–Crippen LogP) is 3.56. The average molecular weight is 276 g/mol. The first kappa shape index (κ1) is 15.2. The fraction of sp³-hybridized carbons (Fsp3) is 0.875. The van der Waals surface area contributed by atoms with Gasteiger partial charge < -0.3 is 0 Å². The van der Waals surface area contributed by atoms with Crippen LogP contribution in [0.1, 0.15) is 64.7 Å². The normalized spacial score (nSPS) is 34.9. The summed E-state index contributed by atoms with van der Waals surface area (Å²) in [5.41, 5.74) is -0.553. The Bertz CT molecular complexity index is 418. The molecule has 2 aliphatic rings. The fourth-order valence-electron chi connectivity index (χ4n) is 3.95. The van der Waals surface area contributed by atoms with Crippen molar-refractivity contribution < 1.29 is 9.59 Å². The highest BCUT2D eigenvalue weighted by molar-refractivity contribution is 5.38. The highest BCUT2D eigenvalue weighted by Gasteiger charge is 2.40. The standard InChI is InChI=1S/C16H24N2O2/c1-16(18-12-20)8-7-14(10-15(16)17-11-19)9-13-5-3-2-4-6-13/h13-15H,2-10H2,1H3. The van der Waals surface area contributed by atoms with Crippen LogP contribution in [0, 0.1) is 11.8 Å². The molecule has 0 aromatic carbocycles. The fourth-order valence-corrected chi connectivity index (χ4v) is 3.95. The van der Waals surface area contributed by atoms with Gasteiger partial charge in [0.2, 0.25) is 12.2 Å². The maximum Gasteiger partial charge on any atom is 0.235 e. The summed E-state index contributed by atoms with van der Waals surface area (Å²) < 4.78 is 0. The first-order chi connectivity index (χ1) is 9.68. The van der Waals surface area contributed by atoms with Crippen LogP contribution in [-0.4, -0.2) is 23.7 Å². The summed E-state index contributed by atoms with van der Waals surface area (Å²) in [6.07, 6.45) is 14.1. The van der Waals surface area contributed by atoms with Gasteiger partial charge in [0.05, 0.1) is 11.6 Å². The Morgan fingerprint density at radius 2 is 1.80 bits per heavy atom. The Morgan fingerprint density at radius 1 is 1.05 bits per heavy atom. The lowest BCUT2D eigenvalue weighted by molar-refractivity contribution is 0.178. The summed E-state index contributed by atoms with van der Waals surface area (Å²) in [4.78, 5) is 29.1. The van der Waals surface area contributed by atoms with E-state index < -0.39 is 5.54 Å². The molecule has 0 aliphatic heterocycles. The maximum absolute atomic E-state index is 10.6. The van der Waals surface area contributed by atoms with Gasteiger partial charge in [-0.3, -0.25) is 0 Å². The van der Waals surface area contributed by atoms with Gasteiger partial charge >= 0.3 is 0 Å². The lowest BCUT2D eigenvalue weighted by Gasteiger charge is -2.39. The molecule has 2 rings (SSSR count). The van der Waals surface area contributed by atoms with E-state index in [1.54, 1.807) is 12.2 Å². The number of hydrogen-bond donors (Lipinski definition) is 0. The Hall–Kier alpha value is -1.24. The van der Waals surface area contributed by atoms with Gasteiger partial charge in [0.25, 0.3) is 0 Å². The third-order valence-corrected chi connectivity index (χ3v) is 5.23.